The molecular formula is C40H58N2O3. The number of Topliss-reactive ketones (excluding diaryl/α,β-unsaturated/α-hetero) is 2. The molecule has 1 aromatic carbocycles. The lowest BCUT2D eigenvalue weighted by atomic mass is 9.81. The molecule has 246 valence electrons. The van der Waals surface area contributed by atoms with Gasteiger partial charge in [-0.1, -0.05) is 84.3 Å². The lowest BCUT2D eigenvalue weighted by molar-refractivity contribution is -0.124. The van der Waals surface area contributed by atoms with E-state index in [2.05, 4.69) is 31.4 Å². The van der Waals surface area contributed by atoms with Crippen molar-refractivity contribution >= 4 is 17.4 Å². The fourth-order valence-corrected chi connectivity index (χ4v) is 9.72. The molecule has 4 aliphatic carbocycles. The SMILES string of the molecule is CCC(=O)c1ccc(C2C3CCC32C2=NC(CCCCC3CCCC3)C(CCC(C)CC(=O)C3CCCC3C)=CN2)c(OC)c1. The van der Waals surface area contributed by atoms with E-state index in [4.69, 9.17) is 9.73 Å². The number of ether oxygens (including phenoxy) is 1. The summed E-state index contributed by atoms with van der Waals surface area (Å²) in [6.07, 6.45) is 22.3. The minimum absolute atomic E-state index is 0.0748. The third-order valence-corrected chi connectivity index (χ3v) is 12.7. The highest BCUT2D eigenvalue weighted by Crippen LogP contribution is 2.78. The molecule has 0 bridgehead atoms. The molecule has 4 saturated carbocycles. The normalized spacial score (nSPS) is 31.3. The Kier molecular flexibility index (Phi) is 10.2. The number of amidine groups is 1. The molecule has 45 heavy (non-hydrogen) atoms. The second-order valence-corrected chi connectivity index (χ2v) is 15.5. The van der Waals surface area contributed by atoms with Gasteiger partial charge in [0, 0.05) is 41.9 Å². The van der Waals surface area contributed by atoms with Gasteiger partial charge in [-0.25, -0.2) is 0 Å². The van der Waals surface area contributed by atoms with Crippen LogP contribution in [0.2, 0.25) is 0 Å². The van der Waals surface area contributed by atoms with Crippen LogP contribution in [0.1, 0.15) is 152 Å². The van der Waals surface area contributed by atoms with Crippen LogP contribution in [0.5, 0.6) is 5.75 Å². The van der Waals surface area contributed by atoms with Gasteiger partial charge in [-0.2, -0.15) is 0 Å². The van der Waals surface area contributed by atoms with Crippen molar-refractivity contribution in [3.05, 3.63) is 41.1 Å². The Bertz CT molecular complexity index is 1290. The van der Waals surface area contributed by atoms with E-state index in [-0.39, 0.29) is 17.2 Å². The third-order valence-electron chi connectivity index (χ3n) is 12.7. The van der Waals surface area contributed by atoms with Gasteiger partial charge in [-0.05, 0) is 85.8 Å². The van der Waals surface area contributed by atoms with E-state index in [1.807, 2.05) is 19.1 Å². The Balaban J connectivity index is 1.13. The summed E-state index contributed by atoms with van der Waals surface area (Å²) in [5.41, 5.74) is 3.48. The zero-order valence-electron chi connectivity index (χ0n) is 28.5. The maximum Gasteiger partial charge on any atom is 0.162 e. The second kappa shape index (κ2) is 14.1. The van der Waals surface area contributed by atoms with Gasteiger partial charge in [0.1, 0.15) is 17.4 Å². The molecule has 1 heterocycles. The van der Waals surface area contributed by atoms with Crippen molar-refractivity contribution < 1.29 is 14.3 Å². The zero-order chi connectivity index (χ0) is 31.6. The molecule has 0 aromatic heterocycles. The van der Waals surface area contributed by atoms with E-state index >= 15 is 0 Å². The summed E-state index contributed by atoms with van der Waals surface area (Å²) in [5.74, 6) is 5.90. The monoisotopic (exact) mass is 614 g/mol. The van der Waals surface area contributed by atoms with Crippen molar-refractivity contribution in [2.45, 2.75) is 142 Å². The number of benzene rings is 1. The molecule has 7 unspecified atom stereocenters. The van der Waals surface area contributed by atoms with Crippen molar-refractivity contribution in [3.8, 4) is 5.75 Å². The molecule has 5 heteroatoms. The van der Waals surface area contributed by atoms with Crippen LogP contribution in [-0.4, -0.2) is 30.6 Å². The predicted octanol–water partition coefficient (Wildman–Crippen LogP) is 9.60. The Morgan fingerprint density at radius 3 is 2.56 bits per heavy atom. The summed E-state index contributed by atoms with van der Waals surface area (Å²) in [6, 6.07) is 6.33. The van der Waals surface area contributed by atoms with E-state index in [1.165, 1.54) is 81.2 Å². The van der Waals surface area contributed by atoms with Crippen LogP contribution in [0.3, 0.4) is 0 Å². The van der Waals surface area contributed by atoms with E-state index in [9.17, 15) is 9.59 Å². The standard InChI is InChI=1S/C40H58N2O3/c1-5-35(43)29-19-20-32(37(24-29)45-4)38-33-21-22-40(33,38)39-41-25-30(34(42-39)16-9-8-14-28-12-6-7-13-28)18-17-26(2)23-36(44)31-15-10-11-27(31)3/h19-20,24-28,31,33-34,38H,5-18,21-23H2,1-4H3,(H,41,42). The highest BCUT2D eigenvalue weighted by molar-refractivity contribution is 5.98. The first-order valence-corrected chi connectivity index (χ1v) is 18.6. The first-order chi connectivity index (χ1) is 21.8. The Hall–Kier alpha value is -2.43. The molecule has 1 N–H and O–H groups in total. The van der Waals surface area contributed by atoms with Gasteiger partial charge in [0.15, 0.2) is 5.78 Å². The van der Waals surface area contributed by atoms with Gasteiger partial charge in [-0.3, -0.25) is 14.6 Å². The number of nitrogens with zero attached hydrogens (tertiary/aromatic N) is 1. The molecule has 0 saturated heterocycles. The molecule has 7 atom stereocenters. The average Bonchev–Trinajstić information content (AvgIpc) is 3.50. The number of carbonyl (C=O) groups excluding carboxylic acids is 2. The number of methoxy groups -OCH3 is 1. The van der Waals surface area contributed by atoms with E-state index in [0.29, 0.717) is 41.8 Å². The average molecular weight is 615 g/mol. The molecule has 1 aliphatic heterocycles. The highest BCUT2D eigenvalue weighted by Gasteiger charge is 2.74. The number of hydrogen-bond donors (Lipinski definition) is 1. The molecule has 0 radical (unpaired) electrons. The van der Waals surface area contributed by atoms with Crippen LogP contribution in [0.4, 0.5) is 0 Å². The summed E-state index contributed by atoms with van der Waals surface area (Å²) in [7, 11) is 1.73. The first kappa shape index (κ1) is 32.5. The van der Waals surface area contributed by atoms with Crippen LogP contribution < -0.4 is 10.1 Å². The maximum absolute atomic E-state index is 13.0. The van der Waals surface area contributed by atoms with Crippen molar-refractivity contribution in [2.24, 2.45) is 40.0 Å². The van der Waals surface area contributed by atoms with Crippen LogP contribution >= 0.6 is 0 Å². The largest absolute Gasteiger partial charge is 0.496 e. The van der Waals surface area contributed by atoms with Gasteiger partial charge in [0.05, 0.1) is 13.2 Å². The fourth-order valence-electron chi connectivity index (χ4n) is 9.72. The third kappa shape index (κ3) is 6.70. The van der Waals surface area contributed by atoms with Crippen LogP contribution in [0.15, 0.2) is 35.0 Å². The summed E-state index contributed by atoms with van der Waals surface area (Å²) in [4.78, 5) is 31.0. The molecule has 6 rings (SSSR count). The quantitative estimate of drug-likeness (QED) is 0.149. The Morgan fingerprint density at radius 1 is 1.07 bits per heavy atom. The van der Waals surface area contributed by atoms with Crippen molar-refractivity contribution in [1.29, 1.82) is 0 Å². The number of aliphatic imine (C=N–C) groups is 1. The Labute approximate surface area is 272 Å². The van der Waals surface area contributed by atoms with Crippen molar-refractivity contribution in [3.63, 3.8) is 0 Å². The summed E-state index contributed by atoms with van der Waals surface area (Å²) >= 11 is 0. The molecule has 5 aliphatic rings. The van der Waals surface area contributed by atoms with Crippen molar-refractivity contribution in [2.75, 3.05) is 7.11 Å². The summed E-state index contributed by atoms with van der Waals surface area (Å²) in [5, 5.41) is 3.74. The van der Waals surface area contributed by atoms with Gasteiger partial charge in [-0.15, -0.1) is 0 Å². The number of hydrogen-bond acceptors (Lipinski definition) is 5. The van der Waals surface area contributed by atoms with Gasteiger partial charge in [0.25, 0.3) is 0 Å². The van der Waals surface area contributed by atoms with Crippen LogP contribution in [-0.2, 0) is 4.79 Å². The van der Waals surface area contributed by atoms with E-state index in [0.717, 1.165) is 55.8 Å². The van der Waals surface area contributed by atoms with Gasteiger partial charge in [0.2, 0.25) is 0 Å². The lowest BCUT2D eigenvalue weighted by Crippen LogP contribution is -2.39. The first-order valence-electron chi connectivity index (χ1n) is 18.6. The fraction of sp³-hybridized carbons (Fsp3) is 0.725. The predicted molar refractivity (Wildman–Crippen MR) is 183 cm³/mol. The lowest BCUT2D eigenvalue weighted by Gasteiger charge is -2.33. The van der Waals surface area contributed by atoms with E-state index < -0.39 is 0 Å². The molecule has 0 spiro atoms. The van der Waals surface area contributed by atoms with Crippen LogP contribution in [0.25, 0.3) is 0 Å². The number of nitrogens with one attached hydrogen (secondary N) is 1. The molecule has 0 amide bonds. The minimum atomic E-state index is 0.0748. The highest BCUT2D eigenvalue weighted by atomic mass is 16.5. The number of ketones is 2. The number of fused-ring (bicyclic) bond motifs is 1. The number of rotatable bonds is 16. The number of carbonyl (C=O) groups is 2. The molecule has 5 nitrogen and oxygen atoms in total. The molecule has 1 aromatic rings. The van der Waals surface area contributed by atoms with Crippen LogP contribution in [0, 0.1) is 35.0 Å². The zero-order valence-corrected chi connectivity index (χ0v) is 28.5. The van der Waals surface area contributed by atoms with Crippen molar-refractivity contribution in [1.82, 2.24) is 5.32 Å². The summed E-state index contributed by atoms with van der Waals surface area (Å²) in [6.45, 7) is 6.45. The topological polar surface area (TPSA) is 67.8 Å². The van der Waals surface area contributed by atoms with E-state index in [1.54, 1.807) is 7.11 Å². The van der Waals surface area contributed by atoms with Gasteiger partial charge >= 0.3 is 0 Å². The number of unbranched alkanes of at least 4 members (excludes halogenated alkanes) is 1. The Morgan fingerprint density at radius 2 is 1.87 bits per heavy atom. The van der Waals surface area contributed by atoms with Gasteiger partial charge < -0.3 is 10.1 Å². The maximum atomic E-state index is 13.0. The molecule has 4 fully saturated rings. The molecular weight excluding hydrogens is 556 g/mol. The smallest absolute Gasteiger partial charge is 0.162 e. The summed E-state index contributed by atoms with van der Waals surface area (Å²) < 4.78 is 5.86. The minimum Gasteiger partial charge on any atom is -0.496 e. The second-order valence-electron chi connectivity index (χ2n) is 15.5.